The molecule has 162 valence electrons. The van der Waals surface area contributed by atoms with E-state index >= 15 is 0 Å². The van der Waals surface area contributed by atoms with E-state index < -0.39 is 40.9 Å². The van der Waals surface area contributed by atoms with E-state index in [4.69, 9.17) is 4.74 Å². The van der Waals surface area contributed by atoms with Crippen molar-refractivity contribution in [1.82, 2.24) is 16.1 Å². The van der Waals surface area contributed by atoms with Gasteiger partial charge in [-0.1, -0.05) is 12.1 Å². The quantitative estimate of drug-likeness (QED) is 0.642. The number of carbonyl (C=O) groups excluding carboxylic acids is 1. The average molecular weight is 427 g/mol. The molecule has 1 aliphatic rings. The highest BCUT2D eigenvalue weighted by Crippen LogP contribution is 2.53. The Labute approximate surface area is 162 Å². The molecule has 29 heavy (non-hydrogen) atoms. The molecule has 0 aromatic heterocycles. The first kappa shape index (κ1) is 22.6. The number of benzene rings is 1. The molecule has 0 unspecified atom stereocenters. The lowest BCUT2D eigenvalue weighted by Gasteiger charge is -2.37. The van der Waals surface area contributed by atoms with Crippen molar-refractivity contribution in [2.45, 2.75) is 44.1 Å². The Morgan fingerprint density at radius 1 is 1.03 bits per heavy atom. The first-order valence-electron chi connectivity index (χ1n) is 8.16. The summed E-state index contributed by atoms with van der Waals surface area (Å²) in [6, 6.07) is 3.07. The SMILES string of the molecule is CN1NN=C(C(c2ccc(NC(=O)OC(C)(C)C)cc2)(C(F)(F)F)C(F)(F)F)N1. The van der Waals surface area contributed by atoms with Gasteiger partial charge in [-0.25, -0.2) is 10.3 Å². The summed E-state index contributed by atoms with van der Waals surface area (Å²) in [5, 5.41) is 6.15. The first-order chi connectivity index (χ1) is 13.1. The summed E-state index contributed by atoms with van der Waals surface area (Å²) < 4.78 is 88.1. The summed E-state index contributed by atoms with van der Waals surface area (Å²) in [5.41, 5.74) is -2.52. The third-order valence-electron chi connectivity index (χ3n) is 3.75. The van der Waals surface area contributed by atoms with E-state index in [1.54, 1.807) is 20.8 Å². The van der Waals surface area contributed by atoms with Crippen LogP contribution in [0.25, 0.3) is 0 Å². The summed E-state index contributed by atoms with van der Waals surface area (Å²) in [7, 11) is 1.15. The van der Waals surface area contributed by atoms with Gasteiger partial charge in [0, 0.05) is 12.7 Å². The van der Waals surface area contributed by atoms with E-state index in [0.29, 0.717) is 12.1 Å². The van der Waals surface area contributed by atoms with Crippen LogP contribution in [0.1, 0.15) is 26.3 Å². The maximum atomic E-state index is 13.9. The number of amidine groups is 1. The molecule has 0 atom stereocenters. The molecule has 0 fully saturated rings. The number of hydrogen-bond acceptors (Lipinski definition) is 6. The van der Waals surface area contributed by atoms with Crippen molar-refractivity contribution in [2.75, 3.05) is 12.4 Å². The van der Waals surface area contributed by atoms with Crippen LogP contribution >= 0.6 is 0 Å². The van der Waals surface area contributed by atoms with Gasteiger partial charge >= 0.3 is 18.4 Å². The van der Waals surface area contributed by atoms with Gasteiger partial charge in [0.05, 0.1) is 0 Å². The third-order valence-corrected chi connectivity index (χ3v) is 3.75. The number of hydrazone groups is 1. The Morgan fingerprint density at radius 3 is 1.93 bits per heavy atom. The Balaban J connectivity index is 2.46. The molecule has 1 aromatic rings. The van der Waals surface area contributed by atoms with Crippen LogP contribution in [0.4, 0.5) is 36.8 Å². The Morgan fingerprint density at radius 2 is 1.55 bits per heavy atom. The van der Waals surface area contributed by atoms with Crippen molar-refractivity contribution in [1.29, 1.82) is 0 Å². The number of halogens is 6. The van der Waals surface area contributed by atoms with Crippen LogP contribution in [0.5, 0.6) is 0 Å². The highest BCUT2D eigenvalue weighted by atomic mass is 19.4. The van der Waals surface area contributed by atoms with Crippen LogP contribution in [0, 0.1) is 0 Å². The molecular formula is C16H19F6N5O2. The number of rotatable bonds is 3. The van der Waals surface area contributed by atoms with Crippen LogP contribution in [-0.4, -0.2) is 42.0 Å². The molecule has 0 radical (unpaired) electrons. The predicted octanol–water partition coefficient (Wildman–Crippen LogP) is 3.66. The van der Waals surface area contributed by atoms with Gasteiger partial charge in [-0.15, -0.1) is 10.2 Å². The molecule has 3 N–H and O–H groups in total. The lowest BCUT2D eigenvalue weighted by Crippen LogP contribution is -2.63. The predicted molar refractivity (Wildman–Crippen MR) is 91.6 cm³/mol. The number of hydrogen-bond donors (Lipinski definition) is 3. The van der Waals surface area contributed by atoms with Gasteiger partial charge in [0.1, 0.15) is 5.60 Å². The molecule has 1 aliphatic heterocycles. The molecule has 0 saturated heterocycles. The van der Waals surface area contributed by atoms with Gasteiger partial charge in [0.15, 0.2) is 5.84 Å². The smallest absolute Gasteiger partial charge is 0.414 e. The number of ether oxygens (including phenoxy) is 1. The van der Waals surface area contributed by atoms with Gasteiger partial charge in [0.2, 0.25) is 5.41 Å². The Hall–Kier alpha value is -2.70. The van der Waals surface area contributed by atoms with Gasteiger partial charge in [-0.05, 0) is 38.5 Å². The fourth-order valence-corrected chi connectivity index (χ4v) is 2.62. The minimum atomic E-state index is -5.77. The van der Waals surface area contributed by atoms with Crippen molar-refractivity contribution in [3.8, 4) is 0 Å². The lowest BCUT2D eigenvalue weighted by molar-refractivity contribution is -0.279. The van der Waals surface area contributed by atoms with Crippen molar-refractivity contribution in [2.24, 2.45) is 5.10 Å². The molecule has 0 bridgehead atoms. The molecule has 1 amide bonds. The van der Waals surface area contributed by atoms with E-state index in [9.17, 15) is 31.1 Å². The summed E-state index contributed by atoms with van der Waals surface area (Å²) in [4.78, 5) is 11.7. The first-order valence-corrected chi connectivity index (χ1v) is 8.16. The molecule has 1 aromatic carbocycles. The molecular weight excluding hydrogens is 408 g/mol. The van der Waals surface area contributed by atoms with Crippen LogP contribution in [-0.2, 0) is 10.2 Å². The third kappa shape index (κ3) is 4.49. The number of nitrogens with zero attached hydrogens (tertiary/aromatic N) is 2. The van der Waals surface area contributed by atoms with Gasteiger partial charge in [-0.2, -0.15) is 26.3 Å². The average Bonchev–Trinajstić information content (AvgIpc) is 2.91. The fourth-order valence-electron chi connectivity index (χ4n) is 2.62. The van der Waals surface area contributed by atoms with Gasteiger partial charge < -0.3 is 4.74 Å². The molecule has 0 saturated carbocycles. The van der Waals surface area contributed by atoms with Crippen LogP contribution < -0.4 is 16.3 Å². The lowest BCUT2D eigenvalue weighted by atomic mass is 9.77. The number of anilines is 1. The summed E-state index contributed by atoms with van der Waals surface area (Å²) in [6.07, 6.45) is -12.5. The van der Waals surface area contributed by atoms with Crippen LogP contribution in [0.3, 0.4) is 0 Å². The molecule has 0 aliphatic carbocycles. The number of alkyl halides is 6. The monoisotopic (exact) mass is 427 g/mol. The summed E-state index contributed by atoms with van der Waals surface area (Å²) >= 11 is 0. The standard InChI is InChI=1S/C16H19F6N5O2/c1-13(2,3)29-12(28)23-10-7-5-9(6-8-10)14(15(17,18)19,16(20,21)22)11-24-26-27(4)25-11/h5-8,26H,1-4H3,(H,23,28)(H,24,25). The maximum Gasteiger partial charge on any atom is 0.414 e. The molecule has 2 rings (SSSR count). The molecule has 1 heterocycles. The molecule has 13 heteroatoms. The van der Waals surface area contributed by atoms with Crippen molar-refractivity contribution >= 4 is 17.6 Å². The second-order valence-electron chi connectivity index (χ2n) is 7.18. The number of amides is 1. The zero-order valence-electron chi connectivity index (χ0n) is 15.8. The Kier molecular flexibility index (Phi) is 5.67. The number of carbonyl (C=O) groups is 1. The highest BCUT2D eigenvalue weighted by molar-refractivity contribution is 5.95. The largest absolute Gasteiger partial charge is 0.444 e. The Bertz CT molecular complexity index is 769. The second kappa shape index (κ2) is 7.28. The second-order valence-corrected chi connectivity index (χ2v) is 7.18. The minimum absolute atomic E-state index is 0.0437. The summed E-state index contributed by atoms with van der Waals surface area (Å²) in [6.45, 7) is 4.78. The molecule has 7 nitrogen and oxygen atoms in total. The highest BCUT2D eigenvalue weighted by Gasteiger charge is 2.75. The van der Waals surface area contributed by atoms with E-state index in [1.165, 1.54) is 0 Å². The van der Waals surface area contributed by atoms with E-state index in [-0.39, 0.29) is 5.69 Å². The van der Waals surface area contributed by atoms with Crippen LogP contribution in [0.15, 0.2) is 29.4 Å². The zero-order chi connectivity index (χ0) is 22.3. The maximum absolute atomic E-state index is 13.9. The van der Waals surface area contributed by atoms with E-state index in [1.807, 2.05) is 11.0 Å². The number of nitrogens with one attached hydrogen (secondary N) is 3. The van der Waals surface area contributed by atoms with Crippen molar-refractivity contribution in [3.63, 3.8) is 0 Å². The summed E-state index contributed by atoms with van der Waals surface area (Å²) in [5.74, 6) is -1.38. The molecule has 0 spiro atoms. The normalized spacial score (nSPS) is 16.0. The van der Waals surface area contributed by atoms with Gasteiger partial charge in [-0.3, -0.25) is 10.7 Å². The van der Waals surface area contributed by atoms with Crippen molar-refractivity contribution in [3.05, 3.63) is 29.8 Å². The van der Waals surface area contributed by atoms with Crippen LogP contribution in [0.2, 0.25) is 0 Å². The zero-order valence-corrected chi connectivity index (χ0v) is 15.8. The van der Waals surface area contributed by atoms with Gasteiger partial charge in [0.25, 0.3) is 0 Å². The van der Waals surface area contributed by atoms with Crippen molar-refractivity contribution < 1.29 is 35.9 Å². The minimum Gasteiger partial charge on any atom is -0.444 e. The van der Waals surface area contributed by atoms with E-state index in [0.717, 1.165) is 24.3 Å². The van der Waals surface area contributed by atoms with E-state index in [2.05, 4.69) is 10.4 Å². The topological polar surface area (TPSA) is 78.0 Å². The number of hydrazine groups is 2. The fraction of sp³-hybridized carbons (Fsp3) is 0.500.